The molecule has 6 heteroatoms. The third-order valence-corrected chi connectivity index (χ3v) is 4.07. The first-order chi connectivity index (χ1) is 8.02. The number of aliphatic hydroxyl groups is 1. The van der Waals surface area contributed by atoms with Crippen LogP contribution in [-0.4, -0.2) is 14.9 Å². The number of aliphatic hydroxyl groups excluding tert-OH is 1. The van der Waals surface area contributed by atoms with Crippen LogP contribution in [0.3, 0.4) is 0 Å². The van der Waals surface area contributed by atoms with Crippen molar-refractivity contribution in [2.75, 3.05) is 0 Å². The van der Waals surface area contributed by atoms with Gasteiger partial charge >= 0.3 is 0 Å². The van der Waals surface area contributed by atoms with Gasteiger partial charge in [0.2, 0.25) is 0 Å². The molecule has 0 saturated heterocycles. The summed E-state index contributed by atoms with van der Waals surface area (Å²) in [6.45, 7) is 0. The van der Waals surface area contributed by atoms with Crippen LogP contribution in [0.5, 0.6) is 0 Å². The van der Waals surface area contributed by atoms with E-state index in [2.05, 4.69) is 21.0 Å². The van der Waals surface area contributed by atoms with Crippen LogP contribution in [-0.2, 0) is 7.05 Å². The minimum Gasteiger partial charge on any atom is -0.382 e. The molecule has 0 fully saturated rings. The largest absolute Gasteiger partial charge is 0.382 e. The average molecular weight is 336 g/mol. The molecule has 90 valence electrons. The van der Waals surface area contributed by atoms with Crippen molar-refractivity contribution in [1.82, 2.24) is 9.78 Å². The highest BCUT2D eigenvalue weighted by Crippen LogP contribution is 2.35. The minimum absolute atomic E-state index is 0.413. The Morgan fingerprint density at radius 3 is 2.71 bits per heavy atom. The summed E-state index contributed by atoms with van der Waals surface area (Å²) < 4.78 is 2.26. The van der Waals surface area contributed by atoms with E-state index in [1.54, 1.807) is 19.2 Å². The SMILES string of the molecule is Cn1ncc(Cl)c1C(O)c1cccc(Br)c1Cl. The summed E-state index contributed by atoms with van der Waals surface area (Å²) in [6, 6.07) is 5.36. The highest BCUT2D eigenvalue weighted by molar-refractivity contribution is 9.10. The van der Waals surface area contributed by atoms with Crippen molar-refractivity contribution in [1.29, 1.82) is 0 Å². The average Bonchev–Trinajstić information content (AvgIpc) is 2.62. The van der Waals surface area contributed by atoms with E-state index in [4.69, 9.17) is 23.2 Å². The Bertz CT molecular complexity index is 537. The van der Waals surface area contributed by atoms with Gasteiger partial charge in [-0.15, -0.1) is 0 Å². The van der Waals surface area contributed by atoms with Gasteiger partial charge in [-0.25, -0.2) is 0 Å². The van der Waals surface area contributed by atoms with Crippen LogP contribution in [0.1, 0.15) is 17.4 Å². The van der Waals surface area contributed by atoms with E-state index < -0.39 is 6.10 Å². The van der Waals surface area contributed by atoms with E-state index in [0.717, 1.165) is 4.47 Å². The van der Waals surface area contributed by atoms with E-state index in [9.17, 15) is 5.11 Å². The van der Waals surface area contributed by atoms with Crippen molar-refractivity contribution in [3.63, 3.8) is 0 Å². The quantitative estimate of drug-likeness (QED) is 0.911. The maximum Gasteiger partial charge on any atom is 0.124 e. The first kappa shape index (κ1) is 12.9. The maximum atomic E-state index is 10.3. The van der Waals surface area contributed by atoms with Crippen molar-refractivity contribution in [2.24, 2.45) is 7.05 Å². The molecule has 2 aromatic rings. The lowest BCUT2D eigenvalue weighted by Gasteiger charge is -2.14. The normalized spacial score (nSPS) is 12.8. The van der Waals surface area contributed by atoms with E-state index >= 15 is 0 Å². The molecule has 0 aliphatic carbocycles. The highest BCUT2D eigenvalue weighted by atomic mass is 79.9. The van der Waals surface area contributed by atoms with Crippen LogP contribution in [0, 0.1) is 0 Å². The molecule has 0 bridgehead atoms. The van der Waals surface area contributed by atoms with E-state index in [-0.39, 0.29) is 0 Å². The molecular weight excluding hydrogens is 327 g/mol. The molecule has 0 amide bonds. The molecule has 0 radical (unpaired) electrons. The second-order valence-electron chi connectivity index (χ2n) is 3.55. The van der Waals surface area contributed by atoms with Crippen molar-refractivity contribution < 1.29 is 5.11 Å². The van der Waals surface area contributed by atoms with Crippen LogP contribution >= 0.6 is 39.1 Å². The van der Waals surface area contributed by atoms with Crippen molar-refractivity contribution in [3.05, 3.63) is 50.2 Å². The number of nitrogens with zero attached hydrogens (tertiary/aromatic N) is 2. The lowest BCUT2D eigenvalue weighted by Crippen LogP contribution is -2.07. The molecule has 2 rings (SSSR count). The summed E-state index contributed by atoms with van der Waals surface area (Å²) >= 11 is 15.4. The molecule has 0 saturated carbocycles. The Morgan fingerprint density at radius 2 is 2.12 bits per heavy atom. The summed E-state index contributed by atoms with van der Waals surface area (Å²) in [5.74, 6) is 0. The third-order valence-electron chi connectivity index (χ3n) is 2.47. The van der Waals surface area contributed by atoms with Gasteiger partial charge in [0.15, 0.2) is 0 Å². The van der Waals surface area contributed by atoms with Crippen molar-refractivity contribution in [3.8, 4) is 0 Å². The van der Waals surface area contributed by atoms with Gasteiger partial charge in [-0.3, -0.25) is 4.68 Å². The molecule has 17 heavy (non-hydrogen) atoms. The van der Waals surface area contributed by atoms with E-state index in [1.807, 2.05) is 6.07 Å². The maximum absolute atomic E-state index is 10.3. The minimum atomic E-state index is -0.903. The molecule has 1 aromatic heterocycles. The Hall–Kier alpha value is -0.550. The van der Waals surface area contributed by atoms with Gasteiger partial charge in [-0.1, -0.05) is 35.3 Å². The van der Waals surface area contributed by atoms with Gasteiger partial charge in [0.1, 0.15) is 6.10 Å². The molecule has 1 N–H and O–H groups in total. The predicted octanol–water partition coefficient (Wildman–Crippen LogP) is 3.57. The van der Waals surface area contributed by atoms with Gasteiger partial charge < -0.3 is 5.11 Å². The van der Waals surface area contributed by atoms with Gasteiger partial charge in [-0.2, -0.15) is 5.10 Å². The molecule has 1 aromatic carbocycles. The number of rotatable bonds is 2. The summed E-state index contributed by atoms with van der Waals surface area (Å²) in [5, 5.41) is 15.2. The van der Waals surface area contributed by atoms with Crippen LogP contribution < -0.4 is 0 Å². The standard InChI is InChI=1S/C11H9BrCl2N2O/c1-16-10(8(13)5-15-16)11(17)6-3-2-4-7(12)9(6)14/h2-5,11,17H,1H3. The van der Waals surface area contributed by atoms with Crippen LogP contribution in [0.25, 0.3) is 0 Å². The molecule has 3 nitrogen and oxygen atoms in total. The zero-order valence-electron chi connectivity index (χ0n) is 8.86. The van der Waals surface area contributed by atoms with Crippen molar-refractivity contribution >= 4 is 39.1 Å². The fraction of sp³-hybridized carbons (Fsp3) is 0.182. The van der Waals surface area contributed by atoms with Gasteiger partial charge in [0, 0.05) is 17.1 Å². The number of benzene rings is 1. The van der Waals surface area contributed by atoms with Crippen LogP contribution in [0.15, 0.2) is 28.9 Å². The topological polar surface area (TPSA) is 38.0 Å². The number of aromatic nitrogens is 2. The Morgan fingerprint density at radius 1 is 1.41 bits per heavy atom. The first-order valence-electron chi connectivity index (χ1n) is 4.81. The molecule has 1 atom stereocenters. The van der Waals surface area contributed by atoms with E-state index in [0.29, 0.717) is 21.3 Å². The third kappa shape index (κ3) is 2.36. The number of hydrogen-bond donors (Lipinski definition) is 1. The Labute approximate surface area is 117 Å². The number of halogens is 3. The smallest absolute Gasteiger partial charge is 0.124 e. The summed E-state index contributed by atoms with van der Waals surface area (Å²) in [4.78, 5) is 0. The van der Waals surface area contributed by atoms with Crippen LogP contribution in [0.4, 0.5) is 0 Å². The second-order valence-corrected chi connectivity index (χ2v) is 5.19. The number of aryl methyl sites for hydroxylation is 1. The predicted molar refractivity (Wildman–Crippen MR) is 71.4 cm³/mol. The molecule has 1 heterocycles. The lowest BCUT2D eigenvalue weighted by atomic mass is 10.1. The molecule has 1 unspecified atom stereocenters. The zero-order chi connectivity index (χ0) is 12.6. The fourth-order valence-electron chi connectivity index (χ4n) is 1.61. The molecular formula is C11H9BrCl2N2O. The highest BCUT2D eigenvalue weighted by Gasteiger charge is 2.21. The number of hydrogen-bond acceptors (Lipinski definition) is 2. The lowest BCUT2D eigenvalue weighted by molar-refractivity contribution is 0.210. The Balaban J connectivity index is 2.51. The summed E-state index contributed by atoms with van der Waals surface area (Å²) in [5.41, 5.74) is 1.11. The Kier molecular flexibility index (Phi) is 3.78. The molecule has 0 aliphatic rings. The first-order valence-corrected chi connectivity index (χ1v) is 6.36. The van der Waals surface area contributed by atoms with Gasteiger partial charge in [0.25, 0.3) is 0 Å². The fourth-order valence-corrected chi connectivity index (χ4v) is 2.49. The summed E-state index contributed by atoms with van der Waals surface area (Å²) in [6.07, 6.45) is 0.589. The molecule has 0 spiro atoms. The van der Waals surface area contributed by atoms with Gasteiger partial charge in [-0.05, 0) is 22.0 Å². The molecule has 0 aliphatic heterocycles. The van der Waals surface area contributed by atoms with Crippen LogP contribution in [0.2, 0.25) is 10.0 Å². The summed E-state index contributed by atoms with van der Waals surface area (Å²) in [7, 11) is 1.72. The van der Waals surface area contributed by atoms with Gasteiger partial charge in [0.05, 0.1) is 21.9 Å². The van der Waals surface area contributed by atoms with E-state index in [1.165, 1.54) is 10.9 Å². The zero-order valence-corrected chi connectivity index (χ0v) is 12.0. The monoisotopic (exact) mass is 334 g/mol. The van der Waals surface area contributed by atoms with Crippen molar-refractivity contribution in [2.45, 2.75) is 6.10 Å². The second kappa shape index (κ2) is 4.98.